The van der Waals surface area contributed by atoms with Crippen LogP contribution in [-0.4, -0.2) is 53.8 Å². The lowest BCUT2D eigenvalue weighted by atomic mass is 9.91. The monoisotopic (exact) mass is 375 g/mol. The van der Waals surface area contributed by atoms with Crippen LogP contribution in [0.2, 0.25) is 0 Å². The van der Waals surface area contributed by atoms with Crippen molar-refractivity contribution in [3.63, 3.8) is 0 Å². The zero-order chi connectivity index (χ0) is 18.1. The van der Waals surface area contributed by atoms with Gasteiger partial charge in [0.25, 0.3) is 0 Å². The lowest BCUT2D eigenvalue weighted by Crippen LogP contribution is -2.44. The van der Waals surface area contributed by atoms with Gasteiger partial charge in [-0.05, 0) is 43.7 Å². The number of hydrogen-bond acceptors (Lipinski definition) is 4. The van der Waals surface area contributed by atoms with Gasteiger partial charge >= 0.3 is 0 Å². The van der Waals surface area contributed by atoms with Crippen molar-refractivity contribution in [3.8, 4) is 0 Å². The molecule has 3 heterocycles. The SMILES string of the molecule is O=C(C1CCS(=O)(=O)CC1)N1CCC(Cc2nc3ccccc3[nH]2)CC1. The first-order valence-corrected chi connectivity index (χ1v) is 11.3. The number of H-pyrrole nitrogens is 1. The minimum Gasteiger partial charge on any atom is -0.342 e. The van der Waals surface area contributed by atoms with E-state index in [-0.39, 0.29) is 23.3 Å². The minimum absolute atomic E-state index is 0.106. The maximum atomic E-state index is 12.7. The Bertz CT molecular complexity index is 851. The molecule has 0 saturated carbocycles. The number of hydrogen-bond donors (Lipinski definition) is 1. The van der Waals surface area contributed by atoms with Gasteiger partial charge in [-0.3, -0.25) is 4.79 Å². The number of carbonyl (C=O) groups is 1. The first-order chi connectivity index (χ1) is 12.5. The lowest BCUT2D eigenvalue weighted by Gasteiger charge is -2.35. The van der Waals surface area contributed by atoms with E-state index in [4.69, 9.17) is 0 Å². The molecule has 26 heavy (non-hydrogen) atoms. The summed E-state index contributed by atoms with van der Waals surface area (Å²) in [5, 5.41) is 0. The van der Waals surface area contributed by atoms with E-state index < -0.39 is 9.84 Å². The number of nitrogens with one attached hydrogen (secondary N) is 1. The van der Waals surface area contributed by atoms with Crippen LogP contribution in [0.25, 0.3) is 11.0 Å². The van der Waals surface area contributed by atoms with Crippen molar-refractivity contribution < 1.29 is 13.2 Å². The van der Waals surface area contributed by atoms with Crippen LogP contribution in [0.3, 0.4) is 0 Å². The second kappa shape index (κ2) is 7.02. The minimum atomic E-state index is -2.92. The van der Waals surface area contributed by atoms with Crippen LogP contribution in [-0.2, 0) is 21.1 Å². The molecule has 2 aliphatic rings. The van der Waals surface area contributed by atoms with Crippen molar-refractivity contribution >= 4 is 26.8 Å². The summed E-state index contributed by atoms with van der Waals surface area (Å²) < 4.78 is 23.1. The van der Waals surface area contributed by atoms with Crippen LogP contribution in [0, 0.1) is 11.8 Å². The first-order valence-electron chi connectivity index (χ1n) is 9.43. The molecule has 6 nitrogen and oxygen atoms in total. The van der Waals surface area contributed by atoms with Crippen LogP contribution >= 0.6 is 0 Å². The number of para-hydroxylation sites is 2. The predicted molar refractivity (Wildman–Crippen MR) is 100 cm³/mol. The average molecular weight is 375 g/mol. The predicted octanol–water partition coefficient (Wildman–Crippen LogP) is 2.17. The van der Waals surface area contributed by atoms with Gasteiger partial charge in [0.05, 0.1) is 22.5 Å². The molecular weight excluding hydrogens is 350 g/mol. The van der Waals surface area contributed by atoms with Gasteiger partial charge in [-0.2, -0.15) is 0 Å². The summed E-state index contributed by atoms with van der Waals surface area (Å²) in [6.07, 6.45) is 3.85. The van der Waals surface area contributed by atoms with Crippen LogP contribution in [0.4, 0.5) is 0 Å². The number of nitrogens with zero attached hydrogens (tertiary/aromatic N) is 2. The van der Waals surface area contributed by atoms with E-state index in [0.29, 0.717) is 18.8 Å². The third kappa shape index (κ3) is 3.77. The summed E-state index contributed by atoms with van der Waals surface area (Å²) in [5.41, 5.74) is 2.07. The Kier molecular flexibility index (Phi) is 4.73. The number of carbonyl (C=O) groups excluding carboxylic acids is 1. The third-order valence-corrected chi connectivity index (χ3v) is 7.47. The van der Waals surface area contributed by atoms with Crippen molar-refractivity contribution in [3.05, 3.63) is 30.1 Å². The molecule has 0 bridgehead atoms. The van der Waals surface area contributed by atoms with Crippen molar-refractivity contribution in [2.24, 2.45) is 11.8 Å². The van der Waals surface area contributed by atoms with Crippen molar-refractivity contribution in [2.75, 3.05) is 24.6 Å². The van der Waals surface area contributed by atoms with Crippen LogP contribution in [0.5, 0.6) is 0 Å². The Labute approximate surface area is 153 Å². The van der Waals surface area contributed by atoms with Gasteiger partial charge < -0.3 is 9.88 Å². The summed E-state index contributed by atoms with van der Waals surface area (Å²) in [6.45, 7) is 1.54. The van der Waals surface area contributed by atoms with Crippen molar-refractivity contribution in [1.29, 1.82) is 0 Å². The molecule has 0 spiro atoms. The Morgan fingerprint density at radius 3 is 2.50 bits per heavy atom. The van der Waals surface area contributed by atoms with Gasteiger partial charge in [-0.1, -0.05) is 12.1 Å². The molecule has 4 rings (SSSR count). The molecule has 0 unspecified atom stereocenters. The fourth-order valence-corrected chi connectivity index (χ4v) is 5.62. The molecule has 0 aliphatic carbocycles. The number of aromatic nitrogens is 2. The Morgan fingerprint density at radius 1 is 1.12 bits per heavy atom. The highest BCUT2D eigenvalue weighted by molar-refractivity contribution is 7.91. The van der Waals surface area contributed by atoms with Gasteiger partial charge in [0.2, 0.25) is 5.91 Å². The highest BCUT2D eigenvalue weighted by Crippen LogP contribution is 2.26. The number of rotatable bonds is 3. The Morgan fingerprint density at radius 2 is 1.81 bits per heavy atom. The molecule has 1 amide bonds. The topological polar surface area (TPSA) is 83.1 Å². The maximum Gasteiger partial charge on any atom is 0.225 e. The fourth-order valence-electron chi connectivity index (χ4n) is 4.13. The van der Waals surface area contributed by atoms with Gasteiger partial charge in [-0.15, -0.1) is 0 Å². The van der Waals surface area contributed by atoms with E-state index in [2.05, 4.69) is 9.97 Å². The van der Waals surface area contributed by atoms with E-state index in [1.807, 2.05) is 29.2 Å². The number of aromatic amines is 1. The molecule has 2 saturated heterocycles. The quantitative estimate of drug-likeness (QED) is 0.891. The van der Waals surface area contributed by atoms with E-state index in [1.54, 1.807) is 0 Å². The average Bonchev–Trinajstić information content (AvgIpc) is 3.04. The highest BCUT2D eigenvalue weighted by Gasteiger charge is 2.33. The number of piperidine rings is 1. The smallest absolute Gasteiger partial charge is 0.225 e. The molecule has 7 heteroatoms. The molecule has 1 N–H and O–H groups in total. The number of benzene rings is 1. The number of imidazole rings is 1. The van der Waals surface area contributed by atoms with E-state index in [0.717, 1.165) is 49.2 Å². The normalized spacial score (nSPS) is 21.9. The molecule has 2 fully saturated rings. The van der Waals surface area contributed by atoms with Gasteiger partial charge in [0, 0.05) is 25.4 Å². The van der Waals surface area contributed by atoms with E-state index >= 15 is 0 Å². The standard InChI is InChI=1S/C19H25N3O3S/c23-19(15-7-11-26(24,25)12-8-15)22-9-5-14(6-10-22)13-18-20-16-3-1-2-4-17(16)21-18/h1-4,14-15H,5-13H2,(H,20,21). The molecule has 0 atom stereocenters. The maximum absolute atomic E-state index is 12.7. The van der Waals surface area contributed by atoms with Crippen molar-refractivity contribution in [2.45, 2.75) is 32.1 Å². The summed E-state index contributed by atoms with van der Waals surface area (Å²) in [7, 11) is -2.92. The molecule has 1 aromatic heterocycles. The zero-order valence-electron chi connectivity index (χ0n) is 14.9. The number of fused-ring (bicyclic) bond motifs is 1. The summed E-state index contributed by atoms with van der Waals surface area (Å²) >= 11 is 0. The Hall–Kier alpha value is -1.89. The molecule has 1 aromatic carbocycles. The molecule has 140 valence electrons. The zero-order valence-corrected chi connectivity index (χ0v) is 15.7. The number of amides is 1. The van der Waals surface area contributed by atoms with Crippen LogP contribution < -0.4 is 0 Å². The number of likely N-dealkylation sites (tertiary alicyclic amines) is 1. The second-order valence-corrected chi connectivity index (χ2v) is 9.90. The van der Waals surface area contributed by atoms with Gasteiger partial charge in [0.15, 0.2) is 0 Å². The van der Waals surface area contributed by atoms with Gasteiger partial charge in [0.1, 0.15) is 15.7 Å². The molecule has 0 radical (unpaired) electrons. The molecule has 2 aliphatic heterocycles. The Balaban J connectivity index is 1.30. The third-order valence-electron chi connectivity index (χ3n) is 5.75. The van der Waals surface area contributed by atoms with Crippen LogP contribution in [0.15, 0.2) is 24.3 Å². The fraction of sp³-hybridized carbons (Fsp3) is 0.579. The number of sulfone groups is 1. The summed E-state index contributed by atoms with van der Waals surface area (Å²) in [4.78, 5) is 22.6. The first kappa shape index (κ1) is 17.5. The summed E-state index contributed by atoms with van der Waals surface area (Å²) in [5.74, 6) is 1.92. The van der Waals surface area contributed by atoms with Crippen LogP contribution in [0.1, 0.15) is 31.5 Å². The van der Waals surface area contributed by atoms with Crippen molar-refractivity contribution in [1.82, 2.24) is 14.9 Å². The highest BCUT2D eigenvalue weighted by atomic mass is 32.2. The summed E-state index contributed by atoms with van der Waals surface area (Å²) in [6, 6.07) is 8.05. The molecule has 2 aromatic rings. The van der Waals surface area contributed by atoms with E-state index in [9.17, 15) is 13.2 Å². The van der Waals surface area contributed by atoms with Gasteiger partial charge in [-0.25, -0.2) is 13.4 Å². The second-order valence-electron chi connectivity index (χ2n) is 7.60. The lowest BCUT2D eigenvalue weighted by molar-refractivity contribution is -0.137. The molecular formula is C19H25N3O3S. The van der Waals surface area contributed by atoms with E-state index in [1.165, 1.54) is 0 Å². The largest absolute Gasteiger partial charge is 0.342 e.